The molecule has 0 saturated heterocycles. The first kappa shape index (κ1) is 20.2. The van der Waals surface area contributed by atoms with Crippen LogP contribution >= 0.6 is 15.9 Å². The summed E-state index contributed by atoms with van der Waals surface area (Å²) < 4.78 is 23.7. The zero-order valence-electron chi connectivity index (χ0n) is 16.9. The number of aromatic nitrogens is 4. The van der Waals surface area contributed by atoms with Crippen molar-refractivity contribution >= 4 is 38.7 Å². The summed E-state index contributed by atoms with van der Waals surface area (Å²) in [7, 11) is 0. The number of carbonyl (C=O) groups is 1. The first-order chi connectivity index (χ1) is 15.5. The number of hydrogen-bond acceptors (Lipinski definition) is 4. The number of amides is 1. The number of hydrogen-bond donors (Lipinski definition) is 1. The standard InChI is InChI=1S/C23H17BrFN5O2/c1-14-12-21(27-22(31)19-10-11-20(24)32-19)30(28-14)23-26-17-8-4-5-9-18(17)29(23)13-15-6-2-3-7-16(15)25/h2-12H,13H2,1H3,(H,27,31). The van der Waals surface area contributed by atoms with E-state index >= 15 is 0 Å². The zero-order chi connectivity index (χ0) is 22.2. The van der Waals surface area contributed by atoms with Gasteiger partial charge in [-0.05, 0) is 53.2 Å². The number of para-hydroxylation sites is 2. The summed E-state index contributed by atoms with van der Waals surface area (Å²) in [6, 6.07) is 19.2. The second kappa shape index (κ2) is 8.08. The molecule has 160 valence electrons. The van der Waals surface area contributed by atoms with Crippen LogP contribution in [0.1, 0.15) is 21.8 Å². The highest BCUT2D eigenvalue weighted by atomic mass is 79.9. The van der Waals surface area contributed by atoms with Crippen LogP contribution < -0.4 is 5.32 Å². The third kappa shape index (κ3) is 3.71. The second-order valence-electron chi connectivity index (χ2n) is 7.22. The van der Waals surface area contributed by atoms with E-state index in [9.17, 15) is 9.18 Å². The lowest BCUT2D eigenvalue weighted by molar-refractivity contribution is 0.0994. The molecule has 5 aromatic rings. The number of aryl methyl sites for hydroxylation is 1. The van der Waals surface area contributed by atoms with Gasteiger partial charge in [0, 0.05) is 11.6 Å². The number of imidazole rings is 1. The molecule has 1 N–H and O–H groups in total. The van der Waals surface area contributed by atoms with Gasteiger partial charge in [-0.1, -0.05) is 30.3 Å². The normalized spacial score (nSPS) is 11.2. The van der Waals surface area contributed by atoms with Gasteiger partial charge in [-0.3, -0.25) is 4.79 Å². The Hall–Kier alpha value is -3.72. The Balaban J connectivity index is 1.61. The first-order valence-electron chi connectivity index (χ1n) is 9.82. The molecule has 0 aliphatic rings. The molecule has 32 heavy (non-hydrogen) atoms. The van der Waals surface area contributed by atoms with Gasteiger partial charge in [0.1, 0.15) is 11.6 Å². The number of furan rings is 1. The monoisotopic (exact) mass is 493 g/mol. The first-order valence-corrected chi connectivity index (χ1v) is 10.6. The third-order valence-electron chi connectivity index (χ3n) is 4.98. The van der Waals surface area contributed by atoms with Crippen molar-refractivity contribution in [1.29, 1.82) is 0 Å². The Morgan fingerprint density at radius 3 is 2.69 bits per heavy atom. The topological polar surface area (TPSA) is 77.9 Å². The SMILES string of the molecule is Cc1cc(NC(=O)c2ccc(Br)o2)n(-c2nc3ccccc3n2Cc2ccccc2F)n1. The van der Waals surface area contributed by atoms with E-state index in [2.05, 4.69) is 26.3 Å². The Morgan fingerprint density at radius 1 is 1.12 bits per heavy atom. The summed E-state index contributed by atoms with van der Waals surface area (Å²) in [6.45, 7) is 2.07. The van der Waals surface area contributed by atoms with Crippen molar-refractivity contribution in [3.63, 3.8) is 0 Å². The van der Waals surface area contributed by atoms with Crippen LogP contribution in [0.25, 0.3) is 17.0 Å². The maximum Gasteiger partial charge on any atom is 0.292 e. The molecular weight excluding hydrogens is 477 g/mol. The lowest BCUT2D eigenvalue weighted by Crippen LogP contribution is -2.17. The minimum atomic E-state index is -0.423. The molecule has 2 aromatic carbocycles. The number of nitrogens with one attached hydrogen (secondary N) is 1. The Bertz CT molecular complexity index is 1450. The summed E-state index contributed by atoms with van der Waals surface area (Å²) in [4.78, 5) is 17.4. The zero-order valence-corrected chi connectivity index (χ0v) is 18.5. The predicted molar refractivity (Wildman–Crippen MR) is 121 cm³/mol. The van der Waals surface area contributed by atoms with Gasteiger partial charge in [0.2, 0.25) is 5.95 Å². The van der Waals surface area contributed by atoms with Gasteiger partial charge in [0.25, 0.3) is 5.91 Å². The van der Waals surface area contributed by atoms with Gasteiger partial charge in [-0.25, -0.2) is 9.37 Å². The molecule has 0 unspecified atom stereocenters. The van der Waals surface area contributed by atoms with Crippen LogP contribution in [-0.4, -0.2) is 25.2 Å². The molecular formula is C23H17BrFN5O2. The lowest BCUT2D eigenvalue weighted by Gasteiger charge is -2.12. The van der Waals surface area contributed by atoms with Gasteiger partial charge < -0.3 is 14.3 Å². The highest BCUT2D eigenvalue weighted by Crippen LogP contribution is 2.25. The fourth-order valence-electron chi connectivity index (χ4n) is 3.53. The number of halogens is 2. The molecule has 0 bridgehead atoms. The van der Waals surface area contributed by atoms with Crippen LogP contribution in [0, 0.1) is 12.7 Å². The average molecular weight is 494 g/mol. The second-order valence-corrected chi connectivity index (χ2v) is 8.00. The highest BCUT2D eigenvalue weighted by Gasteiger charge is 2.20. The molecule has 3 aromatic heterocycles. The van der Waals surface area contributed by atoms with E-state index in [4.69, 9.17) is 9.40 Å². The number of benzene rings is 2. The molecule has 0 aliphatic carbocycles. The summed E-state index contributed by atoms with van der Waals surface area (Å²) >= 11 is 3.20. The molecule has 0 atom stereocenters. The van der Waals surface area contributed by atoms with Gasteiger partial charge >= 0.3 is 0 Å². The molecule has 0 saturated carbocycles. The lowest BCUT2D eigenvalue weighted by atomic mass is 10.2. The maximum atomic E-state index is 14.4. The molecule has 3 heterocycles. The average Bonchev–Trinajstić information content (AvgIpc) is 3.47. The highest BCUT2D eigenvalue weighted by molar-refractivity contribution is 9.10. The summed E-state index contributed by atoms with van der Waals surface area (Å²) in [5.74, 6) is 0.309. The van der Waals surface area contributed by atoms with Crippen LogP contribution in [0.5, 0.6) is 0 Å². The van der Waals surface area contributed by atoms with Crippen molar-refractivity contribution in [3.05, 3.63) is 94.2 Å². The smallest absolute Gasteiger partial charge is 0.292 e. The largest absolute Gasteiger partial charge is 0.444 e. The molecule has 0 spiro atoms. The van der Waals surface area contributed by atoms with Crippen LogP contribution in [-0.2, 0) is 6.54 Å². The van der Waals surface area contributed by atoms with E-state index < -0.39 is 5.91 Å². The number of fused-ring (bicyclic) bond motifs is 1. The Morgan fingerprint density at radius 2 is 1.91 bits per heavy atom. The number of nitrogens with zero attached hydrogens (tertiary/aromatic N) is 4. The van der Waals surface area contributed by atoms with Gasteiger partial charge in [-0.2, -0.15) is 9.78 Å². The Kier molecular flexibility index (Phi) is 5.10. The van der Waals surface area contributed by atoms with Gasteiger partial charge in [0.15, 0.2) is 10.4 Å². The summed E-state index contributed by atoms with van der Waals surface area (Å²) in [5.41, 5.74) is 2.77. The predicted octanol–water partition coefficient (Wildman–Crippen LogP) is 5.33. The minimum Gasteiger partial charge on any atom is -0.444 e. The molecule has 1 amide bonds. The van der Waals surface area contributed by atoms with Crippen molar-refractivity contribution in [2.45, 2.75) is 13.5 Å². The van der Waals surface area contributed by atoms with Crippen LogP contribution in [0.2, 0.25) is 0 Å². The molecule has 9 heteroatoms. The molecule has 0 radical (unpaired) electrons. The third-order valence-corrected chi connectivity index (χ3v) is 5.41. The van der Waals surface area contributed by atoms with E-state index in [1.54, 1.807) is 41.1 Å². The fourth-order valence-corrected chi connectivity index (χ4v) is 3.84. The molecule has 5 rings (SSSR count). The number of rotatable bonds is 5. The summed E-state index contributed by atoms with van der Waals surface area (Å²) in [5, 5.41) is 7.36. The quantitative estimate of drug-likeness (QED) is 0.359. The number of carbonyl (C=O) groups excluding carboxylic acids is 1. The van der Waals surface area contributed by atoms with Gasteiger partial charge in [-0.15, -0.1) is 0 Å². The van der Waals surface area contributed by atoms with E-state index in [0.717, 1.165) is 11.0 Å². The van der Waals surface area contributed by atoms with Crippen molar-refractivity contribution in [2.24, 2.45) is 0 Å². The molecule has 0 fully saturated rings. The maximum absolute atomic E-state index is 14.4. The fraction of sp³-hybridized carbons (Fsp3) is 0.0870. The van der Waals surface area contributed by atoms with E-state index in [1.807, 2.05) is 35.8 Å². The Labute approximate surface area is 190 Å². The molecule has 7 nitrogen and oxygen atoms in total. The van der Waals surface area contributed by atoms with Crippen molar-refractivity contribution in [3.8, 4) is 5.95 Å². The van der Waals surface area contributed by atoms with Crippen molar-refractivity contribution in [1.82, 2.24) is 19.3 Å². The van der Waals surface area contributed by atoms with Gasteiger partial charge in [0.05, 0.1) is 23.3 Å². The van der Waals surface area contributed by atoms with E-state index in [-0.39, 0.29) is 18.1 Å². The summed E-state index contributed by atoms with van der Waals surface area (Å²) in [6.07, 6.45) is 0. The van der Waals surface area contributed by atoms with E-state index in [1.165, 1.54) is 6.07 Å². The van der Waals surface area contributed by atoms with Crippen molar-refractivity contribution < 1.29 is 13.6 Å². The van der Waals surface area contributed by atoms with Crippen LogP contribution in [0.3, 0.4) is 0 Å². The minimum absolute atomic E-state index is 0.155. The van der Waals surface area contributed by atoms with Crippen LogP contribution in [0.4, 0.5) is 10.2 Å². The van der Waals surface area contributed by atoms with E-state index in [0.29, 0.717) is 27.7 Å². The van der Waals surface area contributed by atoms with Crippen LogP contribution in [0.15, 0.2) is 75.8 Å². The molecule has 0 aliphatic heterocycles. The van der Waals surface area contributed by atoms with Crippen molar-refractivity contribution in [2.75, 3.05) is 5.32 Å². The number of anilines is 1.